The topological polar surface area (TPSA) is 30.5 Å². The molecule has 0 aromatic carbocycles. The van der Waals surface area contributed by atoms with Crippen molar-refractivity contribution in [2.24, 2.45) is 11.8 Å². The summed E-state index contributed by atoms with van der Waals surface area (Å²) in [6.07, 6.45) is -5.48. The van der Waals surface area contributed by atoms with Crippen LogP contribution in [0.15, 0.2) is 0 Å². The quantitative estimate of drug-likeness (QED) is 0.447. The molecule has 2 saturated carbocycles. The fraction of sp³-hybridized carbons (Fsp3) is 1.00. The molecule has 158 valence electrons. The van der Waals surface area contributed by atoms with E-state index in [1.165, 1.54) is 0 Å². The van der Waals surface area contributed by atoms with Gasteiger partial charge in [-0.05, 0) is 44.4 Å². The minimum atomic E-state index is -4.04. The zero-order valence-electron chi connectivity index (χ0n) is 14.6. The minimum Gasteiger partial charge on any atom is -0.361 e. The first-order valence-corrected chi connectivity index (χ1v) is 10.7. The average Bonchev–Trinajstić information content (AvgIpc) is 3.06. The molecule has 0 spiro atoms. The molecule has 0 amide bonds. The summed E-state index contributed by atoms with van der Waals surface area (Å²) in [7, 11) is 0. The Kier molecular flexibility index (Phi) is 7.31. The van der Waals surface area contributed by atoms with Gasteiger partial charge in [0.2, 0.25) is 0 Å². The van der Waals surface area contributed by atoms with Crippen LogP contribution in [-0.2, 0) is 9.47 Å². The molecule has 8 unspecified atom stereocenters. The molecule has 0 bridgehead atoms. The van der Waals surface area contributed by atoms with Gasteiger partial charge in [0.25, 0.3) is 5.63 Å². The van der Waals surface area contributed by atoms with Crippen molar-refractivity contribution in [3.05, 3.63) is 0 Å². The van der Waals surface area contributed by atoms with E-state index in [-0.39, 0.29) is 12.0 Å². The van der Waals surface area contributed by atoms with Crippen LogP contribution in [0.25, 0.3) is 0 Å². The lowest BCUT2D eigenvalue weighted by atomic mass is 9.82. The Balaban J connectivity index is 1.52. The molecular formula is C17H24BrClF5NO2. The average molecular weight is 485 g/mol. The number of halogens is 7. The van der Waals surface area contributed by atoms with Gasteiger partial charge in [0.1, 0.15) is 18.6 Å². The van der Waals surface area contributed by atoms with Crippen LogP contribution >= 0.6 is 27.5 Å². The van der Waals surface area contributed by atoms with E-state index in [4.69, 9.17) is 16.3 Å². The van der Waals surface area contributed by atoms with Crippen molar-refractivity contribution in [3.8, 4) is 0 Å². The molecule has 1 saturated heterocycles. The minimum absolute atomic E-state index is 0.0738. The summed E-state index contributed by atoms with van der Waals surface area (Å²) in [4.78, 5) is -0.407. The van der Waals surface area contributed by atoms with Gasteiger partial charge in [-0.1, -0.05) is 27.5 Å². The highest BCUT2D eigenvalue weighted by Gasteiger charge is 2.48. The van der Waals surface area contributed by atoms with E-state index in [1.54, 1.807) is 0 Å². The monoisotopic (exact) mass is 483 g/mol. The third kappa shape index (κ3) is 5.08. The van der Waals surface area contributed by atoms with Gasteiger partial charge in [-0.25, -0.2) is 13.2 Å². The Morgan fingerprint density at radius 2 is 1.81 bits per heavy atom. The van der Waals surface area contributed by atoms with E-state index in [1.807, 2.05) is 0 Å². The highest BCUT2D eigenvalue weighted by molar-refractivity contribution is 9.09. The molecule has 0 aromatic heterocycles. The van der Waals surface area contributed by atoms with Crippen molar-refractivity contribution in [3.63, 3.8) is 0 Å². The molecule has 1 aliphatic heterocycles. The summed E-state index contributed by atoms with van der Waals surface area (Å²) >= 11 is 8.18. The Hall–Kier alpha value is 0.300. The predicted molar refractivity (Wildman–Crippen MR) is 94.4 cm³/mol. The summed E-state index contributed by atoms with van der Waals surface area (Å²) < 4.78 is 78.0. The Morgan fingerprint density at radius 1 is 1.15 bits per heavy atom. The number of rotatable bonds is 5. The number of alkyl halides is 7. The number of hydrogen-bond acceptors (Lipinski definition) is 3. The van der Waals surface area contributed by atoms with E-state index >= 15 is 0 Å². The van der Waals surface area contributed by atoms with Crippen LogP contribution in [0.4, 0.5) is 22.0 Å². The van der Waals surface area contributed by atoms with E-state index in [2.05, 4.69) is 26.0 Å². The fourth-order valence-electron chi connectivity index (χ4n) is 4.38. The zero-order chi connectivity index (χ0) is 19.8. The molecule has 10 heteroatoms. The second kappa shape index (κ2) is 8.98. The van der Waals surface area contributed by atoms with Gasteiger partial charge in [-0.15, -0.1) is 0 Å². The van der Waals surface area contributed by atoms with Gasteiger partial charge in [-0.2, -0.15) is 8.78 Å². The van der Waals surface area contributed by atoms with Crippen LogP contribution in [0, 0.1) is 11.8 Å². The molecule has 0 aromatic rings. The molecule has 3 aliphatic rings. The van der Waals surface area contributed by atoms with E-state index in [0.717, 1.165) is 0 Å². The van der Waals surface area contributed by atoms with Crippen LogP contribution in [0.5, 0.6) is 0 Å². The summed E-state index contributed by atoms with van der Waals surface area (Å²) in [6, 6.07) is -0.111. The molecule has 2 aliphatic carbocycles. The lowest BCUT2D eigenvalue weighted by Gasteiger charge is -2.37. The molecule has 3 nitrogen and oxygen atoms in total. The van der Waals surface area contributed by atoms with Gasteiger partial charge in [0, 0.05) is 10.9 Å². The molecule has 27 heavy (non-hydrogen) atoms. The van der Waals surface area contributed by atoms with E-state index in [9.17, 15) is 22.0 Å². The Bertz CT molecular complexity index is 496. The maximum Gasteiger partial charge on any atom is 0.401 e. The third-order valence-electron chi connectivity index (χ3n) is 5.86. The zero-order valence-corrected chi connectivity index (χ0v) is 17.0. The molecule has 3 fully saturated rings. The van der Waals surface area contributed by atoms with Crippen LogP contribution in [0.1, 0.15) is 38.5 Å². The first-order chi connectivity index (χ1) is 12.7. The van der Waals surface area contributed by atoms with Gasteiger partial charge in [0.05, 0.1) is 18.6 Å². The van der Waals surface area contributed by atoms with Gasteiger partial charge < -0.3 is 9.47 Å². The van der Waals surface area contributed by atoms with Crippen molar-refractivity contribution >= 4 is 27.5 Å². The number of hydrogen-bond donors (Lipinski definition) is 1. The lowest BCUT2D eigenvalue weighted by molar-refractivity contribution is -0.282. The standard InChI is InChI=1S/C17H24BrClF5NO2/c18-9-6-8(4-5-13(9)27-17(23,24)16(19)22)12-7-26-15(25-12)14-10(20)2-1-3-11(14)21/h8-16,25H,1-7H2. The second-order valence-corrected chi connectivity index (χ2v) is 9.23. The maximum absolute atomic E-state index is 14.2. The molecular weight excluding hydrogens is 461 g/mol. The smallest absolute Gasteiger partial charge is 0.361 e. The highest BCUT2D eigenvalue weighted by atomic mass is 79.9. The van der Waals surface area contributed by atoms with Gasteiger partial charge in [0.15, 0.2) is 0 Å². The highest BCUT2D eigenvalue weighted by Crippen LogP contribution is 2.40. The Morgan fingerprint density at radius 3 is 2.41 bits per heavy atom. The SMILES string of the molecule is FC1CCCC(F)C1C1NC(C2CCC(OC(F)(F)C(F)Cl)C(Br)C2)CO1. The van der Waals surface area contributed by atoms with Crippen LogP contribution < -0.4 is 5.32 Å². The summed E-state index contributed by atoms with van der Waals surface area (Å²) in [5, 5.41) is 3.20. The molecule has 1 heterocycles. The van der Waals surface area contributed by atoms with Crippen molar-refractivity contribution in [1.82, 2.24) is 5.32 Å². The first kappa shape index (κ1) is 22.0. The van der Waals surface area contributed by atoms with E-state index in [0.29, 0.717) is 45.1 Å². The van der Waals surface area contributed by atoms with Crippen LogP contribution in [-0.4, -0.2) is 53.9 Å². The number of ether oxygens (including phenoxy) is 2. The van der Waals surface area contributed by atoms with Gasteiger partial charge >= 0.3 is 6.11 Å². The molecule has 0 radical (unpaired) electrons. The second-order valence-electron chi connectivity index (χ2n) is 7.68. The van der Waals surface area contributed by atoms with Crippen molar-refractivity contribution < 1.29 is 31.4 Å². The van der Waals surface area contributed by atoms with Crippen molar-refractivity contribution in [2.75, 3.05) is 6.61 Å². The fourth-order valence-corrected chi connectivity index (χ4v) is 5.28. The predicted octanol–water partition coefficient (Wildman–Crippen LogP) is 4.85. The van der Waals surface area contributed by atoms with Crippen molar-refractivity contribution in [1.29, 1.82) is 0 Å². The first-order valence-electron chi connectivity index (χ1n) is 9.32. The van der Waals surface area contributed by atoms with Crippen LogP contribution in [0.3, 0.4) is 0 Å². The molecule has 1 N–H and O–H groups in total. The van der Waals surface area contributed by atoms with Gasteiger partial charge in [-0.3, -0.25) is 5.32 Å². The summed E-state index contributed by atoms with van der Waals surface area (Å²) in [5.74, 6) is -0.739. The lowest BCUT2D eigenvalue weighted by Crippen LogP contribution is -2.49. The Labute approximate surface area is 168 Å². The maximum atomic E-state index is 14.2. The largest absolute Gasteiger partial charge is 0.401 e. The van der Waals surface area contributed by atoms with Crippen molar-refractivity contribution in [2.45, 2.75) is 85.8 Å². The number of nitrogens with one attached hydrogen (secondary N) is 1. The normalized spacial score (nSPS) is 45.0. The molecule has 8 atom stereocenters. The summed E-state index contributed by atoms with van der Waals surface area (Å²) in [5.41, 5.74) is -2.90. The molecule has 3 rings (SSSR count). The van der Waals surface area contributed by atoms with E-state index < -0.39 is 47.2 Å². The summed E-state index contributed by atoms with van der Waals surface area (Å²) in [6.45, 7) is 0.320. The van der Waals surface area contributed by atoms with Crippen LogP contribution in [0.2, 0.25) is 0 Å². The third-order valence-corrected chi connectivity index (χ3v) is 7.08.